The summed E-state index contributed by atoms with van der Waals surface area (Å²) in [4.78, 5) is 0. The molecule has 13 aromatic rings. The van der Waals surface area contributed by atoms with Crippen molar-refractivity contribution >= 4 is 0 Å². The van der Waals surface area contributed by atoms with Crippen molar-refractivity contribution in [2.75, 3.05) is 0 Å². The summed E-state index contributed by atoms with van der Waals surface area (Å²) in [5.74, 6) is 0.835. The van der Waals surface area contributed by atoms with Crippen LogP contribution in [0.25, 0.3) is 44.5 Å². The highest BCUT2D eigenvalue weighted by Crippen LogP contribution is 2.64. The zero-order valence-corrected chi connectivity index (χ0v) is 46.7. The number of fused-ring (bicyclic) bond motifs is 12. The maximum absolute atomic E-state index is 11.1. The molecular weight excluding hydrogens is 1050 g/mol. The fourth-order valence-corrected chi connectivity index (χ4v) is 16.5. The van der Waals surface area contributed by atoms with Gasteiger partial charge in [-0.15, -0.1) is 0 Å². The SMILES string of the molecule is Oc1ccc(C2(c3ccc(C4(c5ccc(O)cc5)c5ccccc5-c5cc6c(cc54)-c4ccccc4C6(c4ccc(O)cc4)c4ccc(C5(c6ccc(O)cc6)c6ccccc6-c6ccccc65)cc4)cc3)c3ccccc3-c3ccccc32)cc1. The number of rotatable bonds is 8. The Labute approximate surface area is 499 Å². The Kier molecular flexibility index (Phi) is 10.6. The standard InChI is InChI=1S/C82H54O4/c83-59-41-33-55(34-42-59)79(71-19-7-1-13-63(71)64-14-2-8-20-72(64)79)51-25-29-53(30-26-51)81(57-37-45-61(85)46-38-57)75-23-11-5-17-67(75)69-50-78-70(49-77(69)81)68-18-6-12-24-76(68)82(78,58-39-47-62(86)48-40-58)54-31-27-52(28-32-54)80(56-35-43-60(84)44-36-56)73-21-9-3-15-65(73)66-16-4-10-22-74(66)80/h1-50,83-86H. The van der Waals surface area contributed by atoms with E-state index in [1.54, 1.807) is 24.3 Å². The van der Waals surface area contributed by atoms with Crippen molar-refractivity contribution < 1.29 is 20.4 Å². The van der Waals surface area contributed by atoms with Crippen molar-refractivity contribution in [1.82, 2.24) is 0 Å². The predicted molar refractivity (Wildman–Crippen MR) is 342 cm³/mol. The zero-order valence-electron chi connectivity index (χ0n) is 46.7. The average molecular weight is 1100 g/mol. The van der Waals surface area contributed by atoms with E-state index in [9.17, 15) is 20.4 Å². The fourth-order valence-electron chi connectivity index (χ4n) is 16.5. The second-order valence-electron chi connectivity index (χ2n) is 23.6. The quantitative estimate of drug-likeness (QED) is 0.122. The van der Waals surface area contributed by atoms with Crippen LogP contribution in [0.1, 0.15) is 89.0 Å². The minimum atomic E-state index is -0.846. The molecule has 4 nitrogen and oxygen atoms in total. The maximum Gasteiger partial charge on any atom is 0.115 e. The van der Waals surface area contributed by atoms with Gasteiger partial charge in [0.25, 0.3) is 0 Å². The zero-order chi connectivity index (χ0) is 57.5. The van der Waals surface area contributed by atoms with Crippen molar-refractivity contribution in [2.24, 2.45) is 0 Å². The minimum Gasteiger partial charge on any atom is -0.508 e. The first-order valence-electron chi connectivity index (χ1n) is 29.4. The van der Waals surface area contributed by atoms with Gasteiger partial charge in [-0.05, 0) is 194 Å². The molecule has 0 aromatic heterocycles. The molecule has 4 aliphatic rings. The van der Waals surface area contributed by atoms with Crippen LogP contribution >= 0.6 is 0 Å². The monoisotopic (exact) mass is 1100 g/mol. The number of phenols is 4. The lowest BCUT2D eigenvalue weighted by molar-refractivity contribution is 0.474. The molecule has 0 amide bonds. The number of aromatic hydroxyl groups is 4. The Bertz CT molecular complexity index is 4480. The van der Waals surface area contributed by atoms with Crippen LogP contribution in [0.2, 0.25) is 0 Å². The maximum atomic E-state index is 11.1. The van der Waals surface area contributed by atoms with Gasteiger partial charge in [0.1, 0.15) is 23.0 Å². The molecule has 406 valence electrons. The third-order valence-corrected chi connectivity index (χ3v) is 19.8. The van der Waals surface area contributed by atoms with Crippen LogP contribution in [-0.2, 0) is 21.7 Å². The third kappa shape index (κ3) is 6.42. The van der Waals surface area contributed by atoms with Gasteiger partial charge in [-0.3, -0.25) is 0 Å². The van der Waals surface area contributed by atoms with Gasteiger partial charge in [0.05, 0.1) is 21.7 Å². The number of hydrogen-bond acceptors (Lipinski definition) is 4. The van der Waals surface area contributed by atoms with E-state index in [2.05, 4.69) is 255 Å². The summed E-state index contributed by atoms with van der Waals surface area (Å²) < 4.78 is 0. The van der Waals surface area contributed by atoms with E-state index in [4.69, 9.17) is 0 Å². The summed E-state index contributed by atoms with van der Waals surface area (Å²) in [6.45, 7) is 0. The lowest BCUT2D eigenvalue weighted by Gasteiger charge is -2.37. The predicted octanol–water partition coefficient (Wildman–Crippen LogP) is 18.0. The summed E-state index contributed by atoms with van der Waals surface area (Å²) in [5, 5.41) is 43.5. The van der Waals surface area contributed by atoms with Gasteiger partial charge in [-0.25, -0.2) is 0 Å². The van der Waals surface area contributed by atoms with Crippen molar-refractivity contribution in [1.29, 1.82) is 0 Å². The fraction of sp³-hybridized carbons (Fsp3) is 0.0488. The molecule has 17 rings (SSSR count). The Morgan fingerprint density at radius 3 is 0.500 bits per heavy atom. The van der Waals surface area contributed by atoms with Crippen LogP contribution in [0.5, 0.6) is 23.0 Å². The molecule has 0 radical (unpaired) electrons. The minimum absolute atomic E-state index is 0.197. The largest absolute Gasteiger partial charge is 0.508 e. The van der Waals surface area contributed by atoms with Crippen molar-refractivity contribution in [3.05, 3.63) is 392 Å². The van der Waals surface area contributed by atoms with Crippen LogP contribution in [-0.4, -0.2) is 20.4 Å². The molecule has 86 heavy (non-hydrogen) atoms. The van der Waals surface area contributed by atoms with Gasteiger partial charge in [-0.2, -0.15) is 0 Å². The van der Waals surface area contributed by atoms with E-state index in [1.807, 2.05) is 24.3 Å². The first-order valence-corrected chi connectivity index (χ1v) is 29.4. The van der Waals surface area contributed by atoms with Crippen LogP contribution in [0.3, 0.4) is 0 Å². The summed E-state index contributed by atoms with van der Waals surface area (Å²) in [5.41, 5.74) is 24.1. The molecule has 4 N–H and O–H groups in total. The Morgan fingerprint density at radius 1 is 0.151 bits per heavy atom. The lowest BCUT2D eigenvalue weighted by Crippen LogP contribution is -2.31. The van der Waals surface area contributed by atoms with Gasteiger partial charge >= 0.3 is 0 Å². The number of hydrogen-bond donors (Lipinski definition) is 4. The highest BCUT2D eigenvalue weighted by molar-refractivity contribution is 5.95. The van der Waals surface area contributed by atoms with Crippen LogP contribution in [0.15, 0.2) is 303 Å². The Balaban J connectivity index is 0.907. The van der Waals surface area contributed by atoms with Gasteiger partial charge in [0.2, 0.25) is 0 Å². The molecule has 2 unspecified atom stereocenters. The van der Waals surface area contributed by atoms with Crippen LogP contribution < -0.4 is 0 Å². The normalized spacial score (nSPS) is 17.3. The van der Waals surface area contributed by atoms with Gasteiger partial charge < -0.3 is 20.4 Å². The third-order valence-electron chi connectivity index (χ3n) is 19.8. The molecule has 2 atom stereocenters. The van der Waals surface area contributed by atoms with E-state index in [0.717, 1.165) is 89.0 Å². The van der Waals surface area contributed by atoms with E-state index >= 15 is 0 Å². The van der Waals surface area contributed by atoms with E-state index in [0.29, 0.717) is 0 Å². The smallest absolute Gasteiger partial charge is 0.115 e. The second-order valence-corrected chi connectivity index (χ2v) is 23.6. The molecular formula is C82H54O4. The van der Waals surface area contributed by atoms with Gasteiger partial charge in [0, 0.05) is 0 Å². The van der Waals surface area contributed by atoms with E-state index in [1.165, 1.54) is 44.5 Å². The van der Waals surface area contributed by atoms with E-state index in [-0.39, 0.29) is 23.0 Å². The molecule has 0 fully saturated rings. The Hall–Kier alpha value is -10.9. The lowest BCUT2D eigenvalue weighted by atomic mass is 9.64. The van der Waals surface area contributed by atoms with Gasteiger partial charge in [-0.1, -0.05) is 243 Å². The number of phenolic OH excluding ortho intramolecular Hbond substituents is 4. The first kappa shape index (κ1) is 49.7. The summed E-state index contributed by atoms with van der Waals surface area (Å²) in [6, 6.07) is 107. The van der Waals surface area contributed by atoms with E-state index < -0.39 is 21.7 Å². The highest BCUT2D eigenvalue weighted by atomic mass is 16.3. The first-order chi connectivity index (χ1) is 42.3. The van der Waals surface area contributed by atoms with Crippen molar-refractivity contribution in [2.45, 2.75) is 21.7 Å². The summed E-state index contributed by atoms with van der Waals surface area (Å²) in [6.07, 6.45) is 0. The molecule has 13 aromatic carbocycles. The molecule has 4 heteroatoms. The van der Waals surface area contributed by atoms with Gasteiger partial charge in [0.15, 0.2) is 0 Å². The summed E-state index contributed by atoms with van der Waals surface area (Å²) >= 11 is 0. The van der Waals surface area contributed by atoms with Crippen LogP contribution in [0.4, 0.5) is 0 Å². The number of benzene rings is 13. The average Bonchev–Trinajstić information content (AvgIpc) is 1.52. The molecule has 0 saturated carbocycles. The molecule has 0 spiro atoms. The molecule has 0 saturated heterocycles. The Morgan fingerprint density at radius 2 is 0.302 bits per heavy atom. The molecule has 0 heterocycles. The van der Waals surface area contributed by atoms with Crippen molar-refractivity contribution in [3.8, 4) is 67.5 Å². The highest BCUT2D eigenvalue weighted by Gasteiger charge is 2.53. The van der Waals surface area contributed by atoms with Crippen molar-refractivity contribution in [3.63, 3.8) is 0 Å². The topological polar surface area (TPSA) is 80.9 Å². The molecule has 0 aliphatic heterocycles. The van der Waals surface area contributed by atoms with Crippen LogP contribution in [0, 0.1) is 0 Å². The molecule has 0 bridgehead atoms. The summed E-state index contributed by atoms with van der Waals surface area (Å²) in [7, 11) is 0. The second kappa shape index (κ2) is 18.3. The molecule has 4 aliphatic carbocycles.